The molecule has 1 N–H and O–H groups in total. The van der Waals surface area contributed by atoms with Crippen LogP contribution in [0.4, 0.5) is 13.2 Å². The molecule has 24 heavy (non-hydrogen) atoms. The van der Waals surface area contributed by atoms with Gasteiger partial charge < -0.3 is 14.7 Å². The van der Waals surface area contributed by atoms with Gasteiger partial charge in [0.2, 0.25) is 5.91 Å². The molecule has 2 aliphatic rings. The number of aliphatic carboxylic acids is 1. The van der Waals surface area contributed by atoms with Gasteiger partial charge in [0.1, 0.15) is 0 Å². The third-order valence-electron chi connectivity index (χ3n) is 4.43. The second-order valence-electron chi connectivity index (χ2n) is 6.02. The number of ether oxygens (including phenoxy) is 1. The molecule has 0 bridgehead atoms. The molecule has 1 saturated heterocycles. The van der Waals surface area contributed by atoms with Gasteiger partial charge in [0.15, 0.2) is 6.10 Å². The number of morpholine rings is 1. The monoisotopic (exact) mass is 343 g/mol. The summed E-state index contributed by atoms with van der Waals surface area (Å²) in [6, 6.07) is 5.27. The third kappa shape index (κ3) is 3.24. The highest BCUT2D eigenvalue weighted by Gasteiger charge is 2.49. The summed E-state index contributed by atoms with van der Waals surface area (Å²) in [5.74, 6) is -2.45. The first kappa shape index (κ1) is 16.8. The molecule has 1 aromatic carbocycles. The van der Waals surface area contributed by atoms with Crippen LogP contribution >= 0.6 is 0 Å². The Hall–Kier alpha value is -2.09. The van der Waals surface area contributed by atoms with Gasteiger partial charge in [-0.3, -0.25) is 4.79 Å². The van der Waals surface area contributed by atoms with Gasteiger partial charge in [0.05, 0.1) is 18.7 Å². The van der Waals surface area contributed by atoms with Crippen LogP contribution in [-0.4, -0.2) is 47.7 Å². The first-order valence-corrected chi connectivity index (χ1v) is 7.58. The van der Waals surface area contributed by atoms with Crippen LogP contribution in [-0.2, 0) is 20.5 Å². The van der Waals surface area contributed by atoms with E-state index in [4.69, 9.17) is 9.84 Å². The minimum atomic E-state index is -4.46. The molecular weight excluding hydrogens is 327 g/mol. The van der Waals surface area contributed by atoms with Gasteiger partial charge >= 0.3 is 12.1 Å². The van der Waals surface area contributed by atoms with Crippen molar-refractivity contribution >= 4 is 11.9 Å². The fourth-order valence-electron chi connectivity index (χ4n) is 3.12. The average Bonchev–Trinajstić information content (AvgIpc) is 3.34. The zero-order chi connectivity index (χ0) is 17.5. The first-order valence-electron chi connectivity index (χ1n) is 7.58. The van der Waals surface area contributed by atoms with Crippen molar-refractivity contribution in [1.82, 2.24) is 4.90 Å². The van der Waals surface area contributed by atoms with Crippen molar-refractivity contribution in [3.05, 3.63) is 35.4 Å². The normalized spacial score (nSPS) is 27.0. The molecule has 0 aromatic heterocycles. The predicted molar refractivity (Wildman–Crippen MR) is 76.2 cm³/mol. The smallest absolute Gasteiger partial charge is 0.416 e. The molecule has 8 heteroatoms. The highest BCUT2D eigenvalue weighted by atomic mass is 19.4. The molecule has 1 amide bonds. The van der Waals surface area contributed by atoms with E-state index in [0.717, 1.165) is 6.07 Å². The molecule has 2 fully saturated rings. The van der Waals surface area contributed by atoms with E-state index >= 15 is 0 Å². The van der Waals surface area contributed by atoms with E-state index in [2.05, 4.69) is 0 Å². The average molecular weight is 343 g/mol. The number of hydrogen-bond donors (Lipinski definition) is 1. The largest absolute Gasteiger partial charge is 0.479 e. The fraction of sp³-hybridized carbons (Fsp3) is 0.500. The minimum Gasteiger partial charge on any atom is -0.479 e. The van der Waals surface area contributed by atoms with Gasteiger partial charge in [-0.1, -0.05) is 18.2 Å². The second kappa shape index (κ2) is 6.08. The zero-order valence-electron chi connectivity index (χ0n) is 12.6. The lowest BCUT2D eigenvalue weighted by molar-refractivity contribution is -0.159. The predicted octanol–water partition coefficient (Wildman–Crippen LogP) is 2.12. The van der Waals surface area contributed by atoms with E-state index in [0.29, 0.717) is 6.42 Å². The Bertz CT molecular complexity index is 661. The molecule has 3 atom stereocenters. The molecular formula is C16H16F3NO4. The minimum absolute atomic E-state index is 0.0711. The molecule has 1 saturated carbocycles. The maximum Gasteiger partial charge on any atom is 0.416 e. The summed E-state index contributed by atoms with van der Waals surface area (Å²) in [5, 5.41) is 8.96. The Kier molecular flexibility index (Phi) is 4.25. The lowest BCUT2D eigenvalue weighted by Gasteiger charge is -2.31. The van der Waals surface area contributed by atoms with E-state index in [-0.39, 0.29) is 31.2 Å². The lowest BCUT2D eigenvalue weighted by atomic mass is 10.0. The number of carbonyl (C=O) groups excluding carboxylic acids is 1. The highest BCUT2D eigenvalue weighted by Crippen LogP contribution is 2.51. The molecule has 5 nitrogen and oxygen atoms in total. The van der Waals surface area contributed by atoms with Crippen LogP contribution in [0, 0.1) is 5.92 Å². The van der Waals surface area contributed by atoms with Gasteiger partial charge in [-0.05, 0) is 24.0 Å². The van der Waals surface area contributed by atoms with Crippen LogP contribution in [0.3, 0.4) is 0 Å². The lowest BCUT2D eigenvalue weighted by Crippen LogP contribution is -2.49. The fourth-order valence-corrected chi connectivity index (χ4v) is 3.12. The molecule has 3 rings (SSSR count). The standard InChI is InChI=1S/C16H16F3NO4/c17-16(18,19)12-4-2-1-3-9(12)10-7-11(10)14(21)20-5-6-24-13(8-20)15(22)23/h1-4,10-11,13H,5-8H2,(H,22,23)/t10-,11+,13-/m0/s1. The van der Waals surface area contributed by atoms with Gasteiger partial charge in [-0.2, -0.15) is 13.2 Å². The van der Waals surface area contributed by atoms with E-state index in [1.54, 1.807) is 0 Å². The van der Waals surface area contributed by atoms with Crippen molar-refractivity contribution in [3.8, 4) is 0 Å². The van der Waals surface area contributed by atoms with Gasteiger partial charge in [0.25, 0.3) is 0 Å². The Labute approximate surface area is 136 Å². The van der Waals surface area contributed by atoms with Gasteiger partial charge in [-0.25, -0.2) is 4.79 Å². The van der Waals surface area contributed by atoms with Crippen molar-refractivity contribution in [1.29, 1.82) is 0 Å². The van der Waals surface area contributed by atoms with Gasteiger partial charge in [0, 0.05) is 12.5 Å². The summed E-state index contributed by atoms with van der Waals surface area (Å²) in [7, 11) is 0. The number of carbonyl (C=O) groups is 2. The van der Waals surface area contributed by atoms with E-state index in [1.807, 2.05) is 0 Å². The molecule has 1 heterocycles. The number of halogens is 3. The summed E-state index contributed by atoms with van der Waals surface area (Å²) in [5.41, 5.74) is -0.581. The number of amides is 1. The van der Waals surface area contributed by atoms with Crippen LogP contribution in [0.1, 0.15) is 23.5 Å². The molecule has 0 radical (unpaired) electrons. The summed E-state index contributed by atoms with van der Waals surface area (Å²) in [6.45, 7) is 0.296. The Morgan fingerprint density at radius 2 is 1.96 bits per heavy atom. The number of hydrogen-bond acceptors (Lipinski definition) is 3. The Morgan fingerprint density at radius 1 is 1.25 bits per heavy atom. The van der Waals surface area contributed by atoms with Crippen LogP contribution in [0.25, 0.3) is 0 Å². The molecule has 1 aromatic rings. The van der Waals surface area contributed by atoms with Crippen molar-refractivity contribution in [2.24, 2.45) is 5.92 Å². The number of carboxylic acid groups (broad SMARTS) is 1. The van der Waals surface area contributed by atoms with Crippen molar-refractivity contribution in [2.75, 3.05) is 19.7 Å². The van der Waals surface area contributed by atoms with Crippen LogP contribution in [0.15, 0.2) is 24.3 Å². The van der Waals surface area contributed by atoms with E-state index in [1.165, 1.54) is 23.1 Å². The topological polar surface area (TPSA) is 66.8 Å². The quantitative estimate of drug-likeness (QED) is 0.913. The van der Waals surface area contributed by atoms with Crippen LogP contribution in [0.5, 0.6) is 0 Å². The van der Waals surface area contributed by atoms with Crippen LogP contribution in [0.2, 0.25) is 0 Å². The maximum absolute atomic E-state index is 13.1. The third-order valence-corrected chi connectivity index (χ3v) is 4.43. The highest BCUT2D eigenvalue weighted by molar-refractivity contribution is 5.84. The number of alkyl halides is 3. The SMILES string of the molecule is O=C(O)[C@@H]1CN(C(=O)[C@@H]2C[C@H]2c2ccccc2C(F)(F)F)CCO1. The number of rotatable bonds is 3. The zero-order valence-corrected chi connectivity index (χ0v) is 12.6. The van der Waals surface area contributed by atoms with Gasteiger partial charge in [-0.15, -0.1) is 0 Å². The van der Waals surface area contributed by atoms with E-state index < -0.39 is 35.6 Å². The molecule has 1 aliphatic carbocycles. The Morgan fingerprint density at radius 3 is 2.62 bits per heavy atom. The van der Waals surface area contributed by atoms with Crippen molar-refractivity contribution in [2.45, 2.75) is 24.6 Å². The maximum atomic E-state index is 13.1. The van der Waals surface area contributed by atoms with Crippen molar-refractivity contribution < 1.29 is 32.6 Å². The summed E-state index contributed by atoms with van der Waals surface area (Å²) in [6.07, 6.45) is -5.19. The van der Waals surface area contributed by atoms with E-state index in [9.17, 15) is 22.8 Å². The Balaban J connectivity index is 1.72. The van der Waals surface area contributed by atoms with Crippen molar-refractivity contribution in [3.63, 3.8) is 0 Å². The second-order valence-corrected chi connectivity index (χ2v) is 6.02. The van der Waals surface area contributed by atoms with Crippen LogP contribution < -0.4 is 0 Å². The first-order chi connectivity index (χ1) is 11.3. The summed E-state index contributed by atoms with van der Waals surface area (Å²) in [4.78, 5) is 24.8. The molecule has 0 unspecified atom stereocenters. The summed E-state index contributed by atoms with van der Waals surface area (Å²) >= 11 is 0. The molecule has 1 aliphatic heterocycles. The number of nitrogens with zero attached hydrogens (tertiary/aromatic N) is 1. The number of carboxylic acids is 1. The molecule has 0 spiro atoms. The number of benzene rings is 1. The summed E-state index contributed by atoms with van der Waals surface area (Å²) < 4.78 is 44.3. The molecule has 130 valence electrons.